The Morgan fingerprint density at radius 3 is 2.53 bits per heavy atom. The van der Waals surface area contributed by atoms with Gasteiger partial charge in [-0.05, 0) is 35.7 Å². The second kappa shape index (κ2) is 10.5. The number of carbonyl (C=O) groups is 1. The number of morpholine rings is 1. The van der Waals surface area contributed by atoms with Crippen LogP contribution in [0, 0.1) is 0 Å². The number of benzene rings is 1. The fraction of sp³-hybridized carbons (Fsp3) is 0.455. The van der Waals surface area contributed by atoms with Crippen molar-refractivity contribution in [3.63, 3.8) is 0 Å². The van der Waals surface area contributed by atoms with Gasteiger partial charge in [-0.3, -0.25) is 14.7 Å². The summed E-state index contributed by atoms with van der Waals surface area (Å²) in [6.45, 7) is 4.99. The summed E-state index contributed by atoms with van der Waals surface area (Å²) in [5.41, 5.74) is 0.567. The van der Waals surface area contributed by atoms with E-state index in [0.717, 1.165) is 57.0 Å². The van der Waals surface area contributed by atoms with Crippen LogP contribution in [-0.4, -0.2) is 60.1 Å². The van der Waals surface area contributed by atoms with Gasteiger partial charge in [-0.15, -0.1) is 0 Å². The maximum absolute atomic E-state index is 13.0. The van der Waals surface area contributed by atoms with E-state index in [1.807, 2.05) is 12.1 Å². The highest BCUT2D eigenvalue weighted by Crippen LogP contribution is 2.29. The third-order valence-electron chi connectivity index (χ3n) is 5.09. The molecule has 8 heteroatoms. The van der Waals surface area contributed by atoms with E-state index in [0.29, 0.717) is 18.7 Å². The van der Waals surface area contributed by atoms with E-state index < -0.39 is 11.7 Å². The molecular weight excluding hydrogens is 395 g/mol. The van der Waals surface area contributed by atoms with Crippen molar-refractivity contribution in [1.29, 1.82) is 0 Å². The zero-order valence-corrected chi connectivity index (χ0v) is 16.8. The van der Waals surface area contributed by atoms with Gasteiger partial charge in [-0.25, -0.2) is 0 Å². The molecule has 0 bridgehead atoms. The van der Waals surface area contributed by atoms with Crippen LogP contribution < -0.4 is 0 Å². The summed E-state index contributed by atoms with van der Waals surface area (Å²) in [7, 11) is 0. The number of carbonyl (C=O) groups excluding carboxylic acids is 1. The topological polar surface area (TPSA) is 45.7 Å². The Bertz CT molecular complexity index is 809. The molecule has 162 valence electrons. The number of amides is 1. The molecule has 1 amide bonds. The molecule has 5 nitrogen and oxygen atoms in total. The SMILES string of the molecule is O=C(Cc1cccc(C(F)(F)F)c1)N(CCCN1CCOCC1)Cc1ccncc1. The van der Waals surface area contributed by atoms with Gasteiger partial charge in [-0.2, -0.15) is 13.2 Å². The summed E-state index contributed by atoms with van der Waals surface area (Å²) in [4.78, 5) is 21.0. The van der Waals surface area contributed by atoms with Crippen molar-refractivity contribution in [2.75, 3.05) is 39.4 Å². The zero-order chi connectivity index (χ0) is 21.4. The zero-order valence-electron chi connectivity index (χ0n) is 16.8. The Morgan fingerprint density at radius 2 is 1.83 bits per heavy atom. The molecule has 1 aromatic heterocycles. The van der Waals surface area contributed by atoms with Crippen molar-refractivity contribution in [2.24, 2.45) is 0 Å². The van der Waals surface area contributed by atoms with Gasteiger partial charge < -0.3 is 9.64 Å². The van der Waals surface area contributed by atoms with Crippen LogP contribution in [0.15, 0.2) is 48.8 Å². The van der Waals surface area contributed by atoms with E-state index in [2.05, 4.69) is 9.88 Å². The van der Waals surface area contributed by atoms with E-state index in [-0.39, 0.29) is 12.3 Å². The van der Waals surface area contributed by atoms with Crippen LogP contribution in [0.5, 0.6) is 0 Å². The predicted molar refractivity (Wildman–Crippen MR) is 107 cm³/mol. The van der Waals surface area contributed by atoms with Crippen molar-refractivity contribution >= 4 is 5.91 Å². The average molecular weight is 421 g/mol. The Kier molecular flexibility index (Phi) is 7.81. The lowest BCUT2D eigenvalue weighted by molar-refractivity contribution is -0.138. The second-order valence-electron chi connectivity index (χ2n) is 7.35. The maximum Gasteiger partial charge on any atom is 0.416 e. The van der Waals surface area contributed by atoms with Gasteiger partial charge in [0, 0.05) is 45.1 Å². The van der Waals surface area contributed by atoms with Crippen LogP contribution in [0.2, 0.25) is 0 Å². The maximum atomic E-state index is 13.0. The highest BCUT2D eigenvalue weighted by molar-refractivity contribution is 5.78. The minimum absolute atomic E-state index is 0.0629. The first-order chi connectivity index (χ1) is 14.4. The number of rotatable bonds is 8. The Hall–Kier alpha value is -2.45. The lowest BCUT2D eigenvalue weighted by Crippen LogP contribution is -2.39. The molecule has 0 aliphatic carbocycles. The van der Waals surface area contributed by atoms with Gasteiger partial charge in [0.2, 0.25) is 5.91 Å². The number of ether oxygens (including phenoxy) is 1. The number of hydrogen-bond acceptors (Lipinski definition) is 4. The molecular formula is C22H26F3N3O2. The standard InChI is InChI=1S/C22H26F3N3O2/c23-22(24,25)20-4-1-3-19(15-20)16-21(29)28(17-18-5-7-26-8-6-18)10-2-9-27-11-13-30-14-12-27/h1,3-8,15H,2,9-14,16-17H2. The van der Waals surface area contributed by atoms with E-state index in [1.165, 1.54) is 6.07 Å². The van der Waals surface area contributed by atoms with Gasteiger partial charge >= 0.3 is 6.18 Å². The summed E-state index contributed by atoms with van der Waals surface area (Å²) in [5, 5.41) is 0. The molecule has 1 aromatic carbocycles. The quantitative estimate of drug-likeness (QED) is 0.656. The average Bonchev–Trinajstić information content (AvgIpc) is 2.74. The Labute approximate surface area is 174 Å². The number of pyridine rings is 1. The van der Waals surface area contributed by atoms with Crippen LogP contribution in [-0.2, 0) is 28.7 Å². The smallest absolute Gasteiger partial charge is 0.379 e. The van der Waals surface area contributed by atoms with E-state index in [9.17, 15) is 18.0 Å². The molecule has 0 radical (unpaired) electrons. The first-order valence-electron chi connectivity index (χ1n) is 10.0. The number of alkyl halides is 3. The normalized spacial score (nSPS) is 15.2. The largest absolute Gasteiger partial charge is 0.416 e. The van der Waals surface area contributed by atoms with Crippen molar-refractivity contribution in [1.82, 2.24) is 14.8 Å². The van der Waals surface area contributed by atoms with Gasteiger partial charge in [-0.1, -0.05) is 18.2 Å². The summed E-state index contributed by atoms with van der Waals surface area (Å²) >= 11 is 0. The highest BCUT2D eigenvalue weighted by Gasteiger charge is 2.30. The minimum atomic E-state index is -4.42. The second-order valence-corrected chi connectivity index (χ2v) is 7.35. The third-order valence-corrected chi connectivity index (χ3v) is 5.09. The summed E-state index contributed by atoms with van der Waals surface area (Å²) in [6, 6.07) is 8.66. The van der Waals surface area contributed by atoms with Crippen LogP contribution in [0.3, 0.4) is 0 Å². The van der Waals surface area contributed by atoms with Crippen LogP contribution in [0.1, 0.15) is 23.1 Å². The molecule has 2 heterocycles. The molecule has 0 unspecified atom stereocenters. The lowest BCUT2D eigenvalue weighted by Gasteiger charge is -2.28. The van der Waals surface area contributed by atoms with Crippen LogP contribution >= 0.6 is 0 Å². The number of hydrogen-bond donors (Lipinski definition) is 0. The Morgan fingerprint density at radius 1 is 1.10 bits per heavy atom. The molecule has 2 aromatic rings. The summed E-state index contributed by atoms with van der Waals surface area (Å²) in [5.74, 6) is -0.187. The lowest BCUT2D eigenvalue weighted by atomic mass is 10.1. The molecule has 0 N–H and O–H groups in total. The molecule has 3 rings (SSSR count). The minimum Gasteiger partial charge on any atom is -0.379 e. The number of nitrogens with zero attached hydrogens (tertiary/aromatic N) is 3. The first-order valence-corrected chi connectivity index (χ1v) is 10.0. The highest BCUT2D eigenvalue weighted by atomic mass is 19.4. The van der Waals surface area contributed by atoms with E-state index in [1.54, 1.807) is 23.4 Å². The van der Waals surface area contributed by atoms with Crippen LogP contribution in [0.25, 0.3) is 0 Å². The van der Waals surface area contributed by atoms with Gasteiger partial charge in [0.1, 0.15) is 0 Å². The van der Waals surface area contributed by atoms with Crippen molar-refractivity contribution < 1.29 is 22.7 Å². The third kappa shape index (κ3) is 6.81. The number of aromatic nitrogens is 1. The van der Waals surface area contributed by atoms with E-state index in [4.69, 9.17) is 4.74 Å². The van der Waals surface area contributed by atoms with Gasteiger partial charge in [0.15, 0.2) is 0 Å². The van der Waals surface area contributed by atoms with Gasteiger partial charge in [0.05, 0.1) is 25.2 Å². The van der Waals surface area contributed by atoms with Crippen molar-refractivity contribution in [2.45, 2.75) is 25.6 Å². The van der Waals surface area contributed by atoms with Crippen molar-refractivity contribution in [3.05, 3.63) is 65.5 Å². The monoisotopic (exact) mass is 421 g/mol. The first kappa shape index (κ1) is 22.2. The molecule has 0 atom stereocenters. The summed E-state index contributed by atoms with van der Waals surface area (Å²) in [6.07, 6.45) is -0.364. The van der Waals surface area contributed by atoms with Gasteiger partial charge in [0.25, 0.3) is 0 Å². The predicted octanol–water partition coefficient (Wildman–Crippen LogP) is 3.39. The molecule has 30 heavy (non-hydrogen) atoms. The number of halogens is 3. The molecule has 1 fully saturated rings. The fourth-order valence-electron chi connectivity index (χ4n) is 3.45. The Balaban J connectivity index is 1.64. The molecule has 1 aliphatic rings. The van der Waals surface area contributed by atoms with E-state index >= 15 is 0 Å². The molecule has 1 aliphatic heterocycles. The van der Waals surface area contributed by atoms with Crippen molar-refractivity contribution in [3.8, 4) is 0 Å². The molecule has 1 saturated heterocycles. The molecule has 0 spiro atoms. The van der Waals surface area contributed by atoms with Crippen LogP contribution in [0.4, 0.5) is 13.2 Å². The fourth-order valence-corrected chi connectivity index (χ4v) is 3.45. The molecule has 0 saturated carbocycles. The summed E-state index contributed by atoms with van der Waals surface area (Å²) < 4.78 is 44.3.